The number of piperidine rings is 3. The molecular formula is C44H48F2N12O8S. The van der Waals surface area contributed by atoms with E-state index in [4.69, 9.17) is 4.84 Å². The molecule has 3 saturated heterocycles. The van der Waals surface area contributed by atoms with Crippen molar-refractivity contribution in [1.82, 2.24) is 44.5 Å². The Morgan fingerprint density at radius 3 is 2.34 bits per heavy atom. The van der Waals surface area contributed by atoms with Crippen LogP contribution in [0, 0.1) is 11.6 Å². The second-order valence-corrected chi connectivity index (χ2v) is 18.3. The molecular weight excluding hydrogens is 895 g/mol. The fourth-order valence-corrected chi connectivity index (χ4v) is 9.29. The van der Waals surface area contributed by atoms with Crippen LogP contribution in [0.15, 0.2) is 61.3 Å². The Morgan fingerprint density at radius 2 is 1.67 bits per heavy atom. The Bertz CT molecular complexity index is 2800. The Hall–Kier alpha value is -6.98. The first kappa shape index (κ1) is 46.5. The Morgan fingerprint density at radius 1 is 0.940 bits per heavy atom. The average Bonchev–Trinajstić information content (AvgIpc) is 3.70. The van der Waals surface area contributed by atoms with Crippen LogP contribution in [0.5, 0.6) is 0 Å². The van der Waals surface area contributed by atoms with Gasteiger partial charge in [-0.05, 0) is 62.4 Å². The maximum atomic E-state index is 15.8. The van der Waals surface area contributed by atoms with Crippen LogP contribution in [0.4, 0.5) is 26.1 Å². The van der Waals surface area contributed by atoms with E-state index in [2.05, 4.69) is 35.9 Å². The third-order valence-electron chi connectivity index (χ3n) is 12.3. The number of rotatable bonds is 16. The highest BCUT2D eigenvalue weighted by Crippen LogP contribution is 2.32. The number of carbonyl (C=O) groups is 5. The van der Waals surface area contributed by atoms with Gasteiger partial charge in [-0.25, -0.2) is 23.7 Å². The molecule has 1 unspecified atom stereocenters. The number of imide groups is 1. The Labute approximate surface area is 383 Å². The molecule has 1 aromatic carbocycles. The molecule has 3 amide bonds. The summed E-state index contributed by atoms with van der Waals surface area (Å²) in [5.41, 5.74) is 0.611. The summed E-state index contributed by atoms with van der Waals surface area (Å²) in [7, 11) is -2.96. The van der Waals surface area contributed by atoms with Crippen molar-refractivity contribution >= 4 is 68.5 Å². The van der Waals surface area contributed by atoms with Crippen molar-refractivity contribution in [2.24, 2.45) is 0 Å². The summed E-state index contributed by atoms with van der Waals surface area (Å²) >= 11 is 0. The summed E-state index contributed by atoms with van der Waals surface area (Å²) in [6.07, 6.45) is 11.2. The second kappa shape index (κ2) is 19.9. The number of nitrogens with zero attached hydrogens (tertiary/aromatic N) is 8. The highest BCUT2D eigenvalue weighted by Gasteiger charge is 2.31. The summed E-state index contributed by atoms with van der Waals surface area (Å²) in [4.78, 5) is 88.9. The van der Waals surface area contributed by atoms with Crippen molar-refractivity contribution in [1.29, 1.82) is 0 Å². The molecule has 20 nitrogen and oxygen atoms in total. The normalized spacial score (nSPS) is 17.4. The number of hydrogen-bond donors (Lipinski definition) is 4. The molecule has 0 aliphatic carbocycles. The van der Waals surface area contributed by atoms with Gasteiger partial charge in [0.1, 0.15) is 11.9 Å². The fraction of sp³-hybridized carbons (Fsp3) is 0.386. The lowest BCUT2D eigenvalue weighted by atomic mass is 9.93. The first-order valence-corrected chi connectivity index (χ1v) is 23.2. The van der Waals surface area contributed by atoms with Gasteiger partial charge in [-0.1, -0.05) is 6.92 Å². The van der Waals surface area contributed by atoms with E-state index in [9.17, 15) is 32.4 Å². The van der Waals surface area contributed by atoms with Gasteiger partial charge >= 0.3 is 16.7 Å². The van der Waals surface area contributed by atoms with E-state index in [-0.39, 0.29) is 65.8 Å². The zero-order valence-electron chi connectivity index (χ0n) is 36.6. The Kier molecular flexibility index (Phi) is 13.8. The quantitative estimate of drug-likeness (QED) is 0.0632. The fourth-order valence-electron chi connectivity index (χ4n) is 8.36. The Balaban J connectivity index is 0.844. The lowest BCUT2D eigenvalue weighted by molar-refractivity contribution is -0.134. The molecule has 23 heteroatoms. The van der Waals surface area contributed by atoms with Crippen molar-refractivity contribution in [3.63, 3.8) is 0 Å². The maximum Gasteiger partial charge on any atom is 0.321 e. The lowest BCUT2D eigenvalue weighted by Gasteiger charge is -2.34. The van der Waals surface area contributed by atoms with Crippen molar-refractivity contribution in [3.05, 3.63) is 89.8 Å². The van der Waals surface area contributed by atoms with Crippen LogP contribution in [-0.4, -0.2) is 131 Å². The SMILES string of the molecule is CCN(C)S(=O)(=O)Nc1ccc(F)c(C(=O)c2cn(OC=O)c3ncc(-c4cnc(N5CCC(NCC(=O)N6CCC(c7ccc(NC8CCC(=O)NC8=O)cn7)CC6)CC5)nc4)cc23)c1F. The van der Waals surface area contributed by atoms with Crippen LogP contribution in [-0.2, 0) is 29.4 Å². The van der Waals surface area contributed by atoms with Crippen LogP contribution in [0.25, 0.3) is 22.2 Å². The average molecular weight is 943 g/mol. The maximum absolute atomic E-state index is 15.8. The molecule has 0 radical (unpaired) electrons. The number of halogens is 2. The second-order valence-electron chi connectivity index (χ2n) is 16.5. The number of carbonyl (C=O) groups excluding carboxylic acids is 5. The largest absolute Gasteiger partial charge is 0.372 e. The summed E-state index contributed by atoms with van der Waals surface area (Å²) < 4.78 is 60.0. The van der Waals surface area contributed by atoms with Gasteiger partial charge in [0.25, 0.3) is 0 Å². The number of pyridine rings is 2. The van der Waals surface area contributed by atoms with Crippen molar-refractivity contribution in [3.8, 4) is 11.1 Å². The molecule has 3 aliphatic heterocycles. The number of nitrogens with one attached hydrogen (secondary N) is 4. The minimum absolute atomic E-state index is 0.0124. The molecule has 4 N–H and O–H groups in total. The number of fused-ring (bicyclic) bond motifs is 1. The molecule has 0 saturated carbocycles. The van der Waals surface area contributed by atoms with E-state index < -0.39 is 44.9 Å². The third-order valence-corrected chi connectivity index (χ3v) is 13.9. The van der Waals surface area contributed by atoms with Crippen LogP contribution in [0.3, 0.4) is 0 Å². The zero-order valence-corrected chi connectivity index (χ0v) is 37.4. The van der Waals surface area contributed by atoms with E-state index in [0.717, 1.165) is 58.7 Å². The van der Waals surface area contributed by atoms with Crippen LogP contribution in [0.1, 0.15) is 73.0 Å². The monoisotopic (exact) mass is 942 g/mol. The number of benzene rings is 1. The summed E-state index contributed by atoms with van der Waals surface area (Å²) in [5.74, 6) is -3.70. The van der Waals surface area contributed by atoms with Gasteiger partial charge in [0.2, 0.25) is 29.5 Å². The van der Waals surface area contributed by atoms with Gasteiger partial charge in [-0.3, -0.25) is 39.0 Å². The number of amides is 3. The zero-order chi connectivity index (χ0) is 47.4. The molecule has 67 heavy (non-hydrogen) atoms. The molecule has 1 atom stereocenters. The number of likely N-dealkylation sites (tertiary alicyclic amines) is 1. The van der Waals surface area contributed by atoms with Crippen molar-refractivity contribution in [2.45, 2.75) is 63.5 Å². The predicted octanol–water partition coefficient (Wildman–Crippen LogP) is 2.77. The van der Waals surface area contributed by atoms with E-state index in [1.54, 1.807) is 25.5 Å². The van der Waals surface area contributed by atoms with E-state index in [1.165, 1.54) is 19.3 Å². The van der Waals surface area contributed by atoms with Gasteiger partial charge in [0, 0.05) is 98.9 Å². The number of hydrogen-bond acceptors (Lipinski definition) is 15. The van der Waals surface area contributed by atoms with Gasteiger partial charge in [0.05, 0.1) is 41.4 Å². The van der Waals surface area contributed by atoms with Gasteiger partial charge in [-0.15, -0.1) is 0 Å². The smallest absolute Gasteiger partial charge is 0.321 e. The standard InChI is InChI=1S/C44H48F2N12O8S/c1-3-55(2)67(64,65)54-35-7-5-33(45)39(40(35)46)41(62)32-24-58(66-25-59)42-31(32)18-27(19-49-42)28-20-50-44(51-21-28)57-16-12-29(13-17-57)47-23-38(61)56-14-10-26(11-15-56)34-6-4-30(22-48-34)52-36-8-9-37(60)53-43(36)63/h4-7,18-22,24-26,29,36,47,52,54H,3,8-17,23H2,1-2H3,(H,53,60,63). The molecule has 3 aliphatic rings. The van der Waals surface area contributed by atoms with Gasteiger partial charge in [0.15, 0.2) is 11.5 Å². The van der Waals surface area contributed by atoms with E-state index in [1.807, 2.05) is 26.7 Å². The van der Waals surface area contributed by atoms with Crippen LogP contribution >= 0.6 is 0 Å². The van der Waals surface area contributed by atoms with E-state index >= 15 is 8.78 Å². The summed E-state index contributed by atoms with van der Waals surface area (Å²) in [5, 5.41) is 8.99. The first-order valence-electron chi connectivity index (χ1n) is 21.8. The van der Waals surface area contributed by atoms with Crippen LogP contribution < -0.4 is 30.4 Å². The highest BCUT2D eigenvalue weighted by atomic mass is 32.2. The van der Waals surface area contributed by atoms with Crippen LogP contribution in [0.2, 0.25) is 0 Å². The molecule has 7 heterocycles. The molecule has 352 valence electrons. The molecule has 4 aromatic heterocycles. The first-order chi connectivity index (χ1) is 32.2. The van der Waals surface area contributed by atoms with Gasteiger partial charge < -0.3 is 25.3 Å². The minimum atomic E-state index is -4.22. The van der Waals surface area contributed by atoms with Crippen molar-refractivity contribution in [2.75, 3.05) is 61.3 Å². The number of aromatic nitrogens is 5. The highest BCUT2D eigenvalue weighted by molar-refractivity contribution is 7.90. The molecule has 0 spiro atoms. The summed E-state index contributed by atoms with van der Waals surface area (Å²) in [6, 6.07) is 6.63. The van der Waals surface area contributed by atoms with Gasteiger partial charge in [-0.2, -0.15) is 17.5 Å². The van der Waals surface area contributed by atoms with Crippen molar-refractivity contribution < 1.29 is 46.0 Å². The molecule has 5 aromatic rings. The molecule has 8 rings (SSSR count). The predicted molar refractivity (Wildman–Crippen MR) is 240 cm³/mol. The number of anilines is 3. The topological polar surface area (TPSA) is 243 Å². The minimum Gasteiger partial charge on any atom is -0.372 e. The summed E-state index contributed by atoms with van der Waals surface area (Å²) in [6.45, 7) is 4.47. The molecule has 3 fully saturated rings. The molecule has 0 bridgehead atoms. The lowest BCUT2D eigenvalue weighted by Crippen LogP contribution is -2.48. The third kappa shape index (κ3) is 10.2. The van der Waals surface area contributed by atoms with E-state index in [0.29, 0.717) is 61.8 Å². The number of ketones is 1.